The number of ether oxygens (including phenoxy) is 1. The molecule has 1 aliphatic carbocycles. The molecular weight excluding hydrogens is 220 g/mol. The molecule has 0 aromatic rings. The topological polar surface area (TPSA) is 38.5 Å². The molecule has 2 fully saturated rings. The maximum Gasteiger partial charge on any atom is 0.0592 e. The zero-order valence-corrected chi connectivity index (χ0v) is 11.2. The highest BCUT2D eigenvalue weighted by atomic mass is 32.1. The molecule has 1 saturated heterocycles. The van der Waals surface area contributed by atoms with E-state index in [9.17, 15) is 0 Å². The molecule has 0 aromatic carbocycles. The minimum absolute atomic E-state index is 0.329. The van der Waals surface area contributed by atoms with E-state index in [4.69, 9.17) is 10.5 Å². The first-order valence-electron chi connectivity index (χ1n) is 6.28. The van der Waals surface area contributed by atoms with Crippen LogP contribution in [-0.4, -0.2) is 42.6 Å². The average Bonchev–Trinajstić information content (AvgIpc) is 2.57. The summed E-state index contributed by atoms with van der Waals surface area (Å²) in [6.07, 6.45) is 4.99. The molecule has 0 amide bonds. The number of likely N-dealkylation sites (tertiary alicyclic amines) is 1. The molecule has 1 saturated carbocycles. The highest BCUT2D eigenvalue weighted by Gasteiger charge is 2.47. The fourth-order valence-electron chi connectivity index (χ4n) is 3.32. The zero-order chi connectivity index (χ0) is 11.8. The van der Waals surface area contributed by atoms with Crippen LogP contribution in [0.4, 0.5) is 0 Å². The van der Waals surface area contributed by atoms with Crippen LogP contribution in [0.2, 0.25) is 0 Å². The summed E-state index contributed by atoms with van der Waals surface area (Å²) in [6, 6.07) is 0.329. The van der Waals surface area contributed by atoms with E-state index < -0.39 is 0 Å². The Bertz CT molecular complexity index is 239. The number of thiol groups is 1. The predicted molar refractivity (Wildman–Crippen MR) is 69.7 cm³/mol. The van der Waals surface area contributed by atoms with E-state index in [1.807, 2.05) is 0 Å². The molecule has 0 aromatic heterocycles. The molecule has 0 bridgehead atoms. The van der Waals surface area contributed by atoms with Gasteiger partial charge in [0.25, 0.3) is 0 Å². The van der Waals surface area contributed by atoms with Crippen molar-refractivity contribution in [3.63, 3.8) is 0 Å². The van der Waals surface area contributed by atoms with Crippen molar-refractivity contribution in [3.05, 3.63) is 0 Å². The minimum Gasteiger partial charge on any atom is -0.381 e. The van der Waals surface area contributed by atoms with Crippen molar-refractivity contribution >= 4 is 12.6 Å². The average molecular weight is 244 g/mol. The Labute approximate surface area is 104 Å². The van der Waals surface area contributed by atoms with Crippen LogP contribution in [0.5, 0.6) is 0 Å². The van der Waals surface area contributed by atoms with Gasteiger partial charge in [0.05, 0.1) is 6.10 Å². The van der Waals surface area contributed by atoms with E-state index >= 15 is 0 Å². The molecule has 0 radical (unpaired) electrons. The fourth-order valence-corrected chi connectivity index (χ4v) is 3.55. The van der Waals surface area contributed by atoms with Crippen LogP contribution in [0.1, 0.15) is 32.6 Å². The molecule has 2 aliphatic rings. The number of hydrogen-bond donors (Lipinski definition) is 2. The summed E-state index contributed by atoms with van der Waals surface area (Å²) in [4.78, 5) is 2.43. The van der Waals surface area contributed by atoms with E-state index in [2.05, 4.69) is 24.5 Å². The van der Waals surface area contributed by atoms with Crippen LogP contribution < -0.4 is 5.73 Å². The third-order valence-electron chi connectivity index (χ3n) is 4.59. The molecule has 94 valence electrons. The molecule has 2 rings (SSSR count). The Morgan fingerprint density at radius 1 is 1.44 bits per heavy atom. The van der Waals surface area contributed by atoms with Crippen molar-refractivity contribution in [2.24, 2.45) is 11.1 Å². The van der Waals surface area contributed by atoms with E-state index in [0.29, 0.717) is 22.9 Å². The fraction of sp³-hybridized carbons (Fsp3) is 1.00. The van der Waals surface area contributed by atoms with Crippen LogP contribution in [-0.2, 0) is 4.74 Å². The second kappa shape index (κ2) is 4.84. The Kier molecular flexibility index (Phi) is 3.84. The molecular formula is C12H24N2OS. The summed E-state index contributed by atoms with van der Waals surface area (Å²) >= 11 is 4.50. The first-order valence-corrected chi connectivity index (χ1v) is 6.79. The molecule has 3 atom stereocenters. The Hall–Kier alpha value is 0.230. The van der Waals surface area contributed by atoms with E-state index in [-0.39, 0.29) is 0 Å². The number of rotatable bonds is 2. The van der Waals surface area contributed by atoms with Crippen molar-refractivity contribution in [2.75, 3.05) is 20.2 Å². The molecule has 1 heterocycles. The van der Waals surface area contributed by atoms with Crippen LogP contribution >= 0.6 is 12.6 Å². The lowest BCUT2D eigenvalue weighted by molar-refractivity contribution is 0.0617. The molecule has 1 aliphatic heterocycles. The van der Waals surface area contributed by atoms with Crippen LogP contribution in [0, 0.1) is 5.41 Å². The number of piperidine rings is 1. The van der Waals surface area contributed by atoms with E-state index in [1.54, 1.807) is 7.11 Å². The van der Waals surface area contributed by atoms with Gasteiger partial charge in [-0.25, -0.2) is 0 Å². The van der Waals surface area contributed by atoms with Crippen molar-refractivity contribution in [1.82, 2.24) is 4.90 Å². The van der Waals surface area contributed by atoms with Gasteiger partial charge in [-0.05, 0) is 51.1 Å². The normalized spacial score (nSPS) is 36.8. The molecule has 1 spiro atoms. The number of methoxy groups -OCH3 is 1. The van der Waals surface area contributed by atoms with Gasteiger partial charge in [0.1, 0.15) is 0 Å². The standard InChI is InChI=1S/C12H24N2OS/c1-9(16)14-5-3-12(4-6-14)8-10(15-2)7-11(12)13/h9-11,16H,3-8,13H2,1-2H3/t9?,10?,11-/m1/s1. The second-order valence-electron chi connectivity index (χ2n) is 5.43. The number of hydrogen-bond acceptors (Lipinski definition) is 4. The quantitative estimate of drug-likeness (QED) is 0.723. The Balaban J connectivity index is 1.96. The first kappa shape index (κ1) is 12.7. The van der Waals surface area contributed by atoms with Gasteiger partial charge in [0, 0.05) is 18.5 Å². The van der Waals surface area contributed by atoms with E-state index in [1.165, 1.54) is 12.8 Å². The second-order valence-corrected chi connectivity index (χ2v) is 6.18. The largest absolute Gasteiger partial charge is 0.381 e. The van der Waals surface area contributed by atoms with Crippen molar-refractivity contribution in [2.45, 2.75) is 50.1 Å². The monoisotopic (exact) mass is 244 g/mol. The number of nitrogens with zero attached hydrogens (tertiary/aromatic N) is 1. The van der Waals surface area contributed by atoms with Gasteiger partial charge in [-0.15, -0.1) is 0 Å². The number of nitrogens with two attached hydrogens (primary N) is 1. The van der Waals surface area contributed by atoms with Gasteiger partial charge >= 0.3 is 0 Å². The third-order valence-corrected chi connectivity index (χ3v) is 4.92. The van der Waals surface area contributed by atoms with Crippen molar-refractivity contribution in [1.29, 1.82) is 0 Å². The van der Waals surface area contributed by atoms with Crippen LogP contribution in [0.15, 0.2) is 0 Å². The zero-order valence-electron chi connectivity index (χ0n) is 10.4. The predicted octanol–water partition coefficient (Wildman–Crippen LogP) is 1.48. The van der Waals surface area contributed by atoms with Crippen LogP contribution in [0.25, 0.3) is 0 Å². The molecule has 3 nitrogen and oxygen atoms in total. The summed E-state index contributed by atoms with van der Waals surface area (Å²) < 4.78 is 5.47. The van der Waals surface area contributed by atoms with Gasteiger partial charge in [0.15, 0.2) is 0 Å². The van der Waals surface area contributed by atoms with Gasteiger partial charge in [-0.3, -0.25) is 4.90 Å². The molecule has 2 unspecified atom stereocenters. The maximum absolute atomic E-state index is 6.31. The molecule has 2 N–H and O–H groups in total. The van der Waals surface area contributed by atoms with Gasteiger partial charge in [0.2, 0.25) is 0 Å². The smallest absolute Gasteiger partial charge is 0.0592 e. The van der Waals surface area contributed by atoms with Gasteiger partial charge in [-0.2, -0.15) is 12.6 Å². The summed E-state index contributed by atoms with van der Waals surface area (Å²) in [5.74, 6) is 0. The Morgan fingerprint density at radius 2 is 2.06 bits per heavy atom. The van der Waals surface area contributed by atoms with Crippen molar-refractivity contribution in [3.8, 4) is 0 Å². The summed E-state index contributed by atoms with van der Waals surface area (Å²) in [7, 11) is 1.81. The van der Waals surface area contributed by atoms with Crippen molar-refractivity contribution < 1.29 is 4.74 Å². The summed E-state index contributed by atoms with van der Waals surface area (Å²) in [5.41, 5.74) is 6.66. The third kappa shape index (κ3) is 2.26. The maximum atomic E-state index is 6.31. The van der Waals surface area contributed by atoms with Gasteiger partial charge < -0.3 is 10.5 Å². The lowest BCUT2D eigenvalue weighted by Crippen LogP contribution is -2.48. The minimum atomic E-state index is 0.329. The lowest BCUT2D eigenvalue weighted by Gasteiger charge is -2.43. The highest BCUT2D eigenvalue weighted by Crippen LogP contribution is 2.46. The summed E-state index contributed by atoms with van der Waals surface area (Å²) in [5, 5.41) is 0.369. The SMILES string of the molecule is COC1C[C@@H](N)C2(CCN(C(C)S)CC2)C1. The van der Waals surface area contributed by atoms with Gasteiger partial charge in [-0.1, -0.05) is 0 Å². The lowest BCUT2D eigenvalue weighted by atomic mass is 9.74. The summed E-state index contributed by atoms with van der Waals surface area (Å²) in [6.45, 7) is 4.41. The molecule has 16 heavy (non-hydrogen) atoms. The van der Waals surface area contributed by atoms with Crippen LogP contribution in [0.3, 0.4) is 0 Å². The van der Waals surface area contributed by atoms with E-state index in [0.717, 1.165) is 25.9 Å². The highest BCUT2D eigenvalue weighted by molar-refractivity contribution is 7.80. The molecule has 4 heteroatoms. The Morgan fingerprint density at radius 3 is 2.50 bits per heavy atom. The first-order chi connectivity index (χ1) is 7.57.